The van der Waals surface area contributed by atoms with Crippen molar-refractivity contribution in [2.24, 2.45) is 0 Å². The van der Waals surface area contributed by atoms with Gasteiger partial charge in [-0.25, -0.2) is 0 Å². The third kappa shape index (κ3) is 4.35. The molecule has 0 unspecified atom stereocenters. The van der Waals surface area contributed by atoms with Gasteiger partial charge in [-0.2, -0.15) is 0 Å². The van der Waals surface area contributed by atoms with E-state index in [-0.39, 0.29) is 16.8 Å². The number of hydrogen-bond acceptors (Lipinski definition) is 8. The van der Waals surface area contributed by atoms with Crippen molar-refractivity contribution >= 4 is 56.1 Å². The van der Waals surface area contributed by atoms with Gasteiger partial charge in [0.2, 0.25) is 5.43 Å². The zero-order chi connectivity index (χ0) is 24.5. The topological polar surface area (TPSA) is 141 Å². The first kappa shape index (κ1) is 21.6. The molecule has 0 aliphatic heterocycles. The molecule has 0 aliphatic rings. The molecule has 4 aromatic carbocycles. The molecule has 0 aliphatic carbocycles. The summed E-state index contributed by atoms with van der Waals surface area (Å²) in [7, 11) is 0. The van der Waals surface area contributed by atoms with Crippen LogP contribution in [0.4, 0.5) is 34.1 Å². The number of rotatable bonds is 6. The van der Waals surface area contributed by atoms with Crippen LogP contribution in [0.25, 0.3) is 21.9 Å². The smallest absolute Gasteiger partial charge is 0.269 e. The van der Waals surface area contributed by atoms with E-state index in [1.807, 2.05) is 0 Å². The number of nitro benzene ring substituents is 2. The number of non-ortho nitro benzene ring substituents is 2. The van der Waals surface area contributed by atoms with Gasteiger partial charge in [-0.15, -0.1) is 0 Å². The van der Waals surface area contributed by atoms with Crippen molar-refractivity contribution in [2.75, 3.05) is 10.6 Å². The number of benzene rings is 4. The van der Waals surface area contributed by atoms with Gasteiger partial charge in [-0.05, 0) is 60.7 Å². The van der Waals surface area contributed by atoms with E-state index in [4.69, 9.17) is 4.42 Å². The fourth-order valence-electron chi connectivity index (χ4n) is 3.68. The largest absolute Gasteiger partial charge is 0.456 e. The van der Waals surface area contributed by atoms with E-state index in [9.17, 15) is 25.0 Å². The molecule has 5 rings (SSSR count). The first-order valence-electron chi connectivity index (χ1n) is 10.4. The predicted octanol–water partition coefficient (Wildman–Crippen LogP) is 6.25. The zero-order valence-corrected chi connectivity index (χ0v) is 17.9. The first-order valence-corrected chi connectivity index (χ1v) is 10.4. The van der Waals surface area contributed by atoms with Gasteiger partial charge in [0.1, 0.15) is 11.2 Å². The number of hydrogen-bond donors (Lipinski definition) is 2. The van der Waals surface area contributed by atoms with E-state index >= 15 is 0 Å². The van der Waals surface area contributed by atoms with E-state index in [1.54, 1.807) is 60.7 Å². The molecule has 0 fully saturated rings. The molecule has 0 radical (unpaired) electrons. The predicted molar refractivity (Wildman–Crippen MR) is 133 cm³/mol. The Labute approximate surface area is 196 Å². The molecule has 10 heteroatoms. The maximum absolute atomic E-state index is 13.3. The standard InChI is InChI=1S/C25H16N4O6/c30-25-21-13-17(26-15-1-7-19(8-2-15)28(31)32)5-11-23(21)35-24-12-6-18(14-22(24)25)27-16-3-9-20(10-4-16)29(33)34/h1-14,26-27H. The van der Waals surface area contributed by atoms with Crippen LogP contribution < -0.4 is 16.1 Å². The Morgan fingerprint density at radius 2 is 0.943 bits per heavy atom. The van der Waals surface area contributed by atoms with Crippen molar-refractivity contribution in [3.63, 3.8) is 0 Å². The van der Waals surface area contributed by atoms with Crippen LogP contribution in [0.1, 0.15) is 0 Å². The van der Waals surface area contributed by atoms with Crippen LogP contribution in [0.2, 0.25) is 0 Å². The molecule has 172 valence electrons. The lowest BCUT2D eigenvalue weighted by Crippen LogP contribution is -2.03. The SMILES string of the molecule is O=c1c2cc(Nc3ccc([N+](=O)[O-])cc3)ccc2oc2ccc(Nc3ccc([N+](=O)[O-])cc3)cc12. The van der Waals surface area contributed by atoms with Crippen LogP contribution in [0.3, 0.4) is 0 Å². The summed E-state index contributed by atoms with van der Waals surface area (Å²) < 4.78 is 5.92. The van der Waals surface area contributed by atoms with Crippen molar-refractivity contribution in [2.45, 2.75) is 0 Å². The molecule has 0 saturated heterocycles. The highest BCUT2D eigenvalue weighted by Crippen LogP contribution is 2.27. The van der Waals surface area contributed by atoms with Crippen LogP contribution in [-0.4, -0.2) is 9.85 Å². The molecular weight excluding hydrogens is 452 g/mol. The highest BCUT2D eigenvalue weighted by molar-refractivity contribution is 5.93. The molecular formula is C25H16N4O6. The molecule has 0 bridgehead atoms. The van der Waals surface area contributed by atoms with Crippen molar-refractivity contribution in [3.8, 4) is 0 Å². The normalized spacial score (nSPS) is 10.9. The molecule has 0 saturated carbocycles. The van der Waals surface area contributed by atoms with E-state index < -0.39 is 9.85 Å². The average Bonchev–Trinajstić information content (AvgIpc) is 2.85. The van der Waals surface area contributed by atoms with Gasteiger partial charge < -0.3 is 15.1 Å². The molecule has 1 heterocycles. The van der Waals surface area contributed by atoms with Crippen LogP contribution in [-0.2, 0) is 0 Å². The molecule has 1 aromatic heterocycles. The summed E-state index contributed by atoms with van der Waals surface area (Å²) in [6.45, 7) is 0. The van der Waals surface area contributed by atoms with Crippen molar-refractivity contribution < 1.29 is 14.3 Å². The van der Waals surface area contributed by atoms with Gasteiger partial charge in [0.05, 0.1) is 20.6 Å². The fraction of sp³-hybridized carbons (Fsp3) is 0. The quantitative estimate of drug-likeness (QED) is 0.169. The molecule has 0 amide bonds. The minimum atomic E-state index is -0.471. The maximum Gasteiger partial charge on any atom is 0.269 e. The van der Waals surface area contributed by atoms with E-state index in [1.165, 1.54) is 24.3 Å². The van der Waals surface area contributed by atoms with Gasteiger partial charge in [0, 0.05) is 47.0 Å². The summed E-state index contributed by atoms with van der Waals surface area (Å²) in [4.78, 5) is 34.0. The van der Waals surface area contributed by atoms with Gasteiger partial charge in [-0.1, -0.05) is 0 Å². The number of nitro groups is 2. The van der Waals surface area contributed by atoms with Crippen molar-refractivity contribution in [3.05, 3.63) is 115 Å². The van der Waals surface area contributed by atoms with Crippen LogP contribution in [0.5, 0.6) is 0 Å². The van der Waals surface area contributed by atoms with E-state index in [0.717, 1.165) is 0 Å². The summed E-state index contributed by atoms with van der Waals surface area (Å²) in [5.41, 5.74) is 3.11. The first-order chi connectivity index (χ1) is 16.9. The Hall–Kier alpha value is -5.25. The average molecular weight is 468 g/mol. The summed E-state index contributed by atoms with van der Waals surface area (Å²) >= 11 is 0. The lowest BCUT2D eigenvalue weighted by molar-refractivity contribution is -0.385. The molecule has 2 N–H and O–H groups in total. The molecule has 10 nitrogen and oxygen atoms in total. The fourth-order valence-corrected chi connectivity index (χ4v) is 3.68. The van der Waals surface area contributed by atoms with Crippen molar-refractivity contribution in [1.82, 2.24) is 0 Å². The number of nitrogens with zero attached hydrogens (tertiary/aromatic N) is 2. The number of nitrogens with one attached hydrogen (secondary N) is 2. The van der Waals surface area contributed by atoms with E-state index in [2.05, 4.69) is 10.6 Å². The van der Waals surface area contributed by atoms with Crippen LogP contribution in [0.15, 0.2) is 94.1 Å². The highest BCUT2D eigenvalue weighted by Gasteiger charge is 2.11. The second kappa shape index (κ2) is 8.60. The minimum absolute atomic E-state index is 0.0145. The van der Waals surface area contributed by atoms with Gasteiger partial charge in [-0.3, -0.25) is 25.0 Å². The summed E-state index contributed by atoms with van der Waals surface area (Å²) in [6.07, 6.45) is 0. The highest BCUT2D eigenvalue weighted by atomic mass is 16.6. The third-order valence-electron chi connectivity index (χ3n) is 5.40. The van der Waals surface area contributed by atoms with Gasteiger partial charge >= 0.3 is 0 Å². The zero-order valence-electron chi connectivity index (χ0n) is 17.9. The lowest BCUT2D eigenvalue weighted by Gasteiger charge is -2.09. The number of fused-ring (bicyclic) bond motifs is 2. The van der Waals surface area contributed by atoms with Crippen molar-refractivity contribution in [1.29, 1.82) is 0 Å². The Bertz CT molecular complexity index is 1540. The maximum atomic E-state index is 13.3. The molecule has 5 aromatic rings. The second-order valence-electron chi connectivity index (χ2n) is 7.71. The third-order valence-corrected chi connectivity index (χ3v) is 5.40. The molecule has 35 heavy (non-hydrogen) atoms. The second-order valence-corrected chi connectivity index (χ2v) is 7.71. The van der Waals surface area contributed by atoms with Crippen LogP contribution >= 0.6 is 0 Å². The van der Waals surface area contributed by atoms with E-state index in [0.29, 0.717) is 44.7 Å². The molecule has 0 spiro atoms. The lowest BCUT2D eigenvalue weighted by atomic mass is 10.1. The summed E-state index contributed by atoms with van der Waals surface area (Å²) in [5, 5.41) is 28.7. The summed E-state index contributed by atoms with van der Waals surface area (Å²) in [6, 6.07) is 22.1. The van der Waals surface area contributed by atoms with Gasteiger partial charge in [0.15, 0.2) is 0 Å². The Balaban J connectivity index is 1.47. The monoisotopic (exact) mass is 468 g/mol. The Morgan fingerprint density at radius 3 is 1.31 bits per heavy atom. The number of anilines is 4. The van der Waals surface area contributed by atoms with Gasteiger partial charge in [0.25, 0.3) is 11.4 Å². The summed E-state index contributed by atoms with van der Waals surface area (Å²) in [5.74, 6) is 0. The van der Waals surface area contributed by atoms with Crippen LogP contribution in [0, 0.1) is 20.2 Å². The molecule has 0 atom stereocenters. The minimum Gasteiger partial charge on any atom is -0.456 e. The Morgan fingerprint density at radius 1 is 0.571 bits per heavy atom. The Kier molecular flexibility index (Phi) is 5.30.